The van der Waals surface area contributed by atoms with E-state index in [1.165, 1.54) is 6.07 Å². The lowest BCUT2D eigenvalue weighted by atomic mass is 10.0. The van der Waals surface area contributed by atoms with Crippen LogP contribution in [0.15, 0.2) is 18.2 Å². The van der Waals surface area contributed by atoms with Gasteiger partial charge in [-0.25, -0.2) is 4.39 Å². The summed E-state index contributed by atoms with van der Waals surface area (Å²) in [4.78, 5) is 0. The first-order valence-corrected chi connectivity index (χ1v) is 5.43. The second-order valence-corrected chi connectivity index (χ2v) is 3.88. The highest BCUT2D eigenvalue weighted by Crippen LogP contribution is 2.22. The molecule has 1 atom stereocenters. The first-order chi connectivity index (χ1) is 6.69. The summed E-state index contributed by atoms with van der Waals surface area (Å²) in [6.07, 6.45) is 0.890. The van der Waals surface area contributed by atoms with E-state index in [2.05, 4.69) is 17.9 Å². The van der Waals surface area contributed by atoms with Gasteiger partial charge in [-0.15, -0.1) is 0 Å². The van der Waals surface area contributed by atoms with Crippen molar-refractivity contribution in [1.29, 1.82) is 0 Å². The lowest BCUT2D eigenvalue weighted by Crippen LogP contribution is -2.16. The molecule has 1 rings (SSSR count). The Morgan fingerprint density at radius 1 is 1.57 bits per heavy atom. The van der Waals surface area contributed by atoms with E-state index in [0.29, 0.717) is 0 Å². The molecule has 0 fully saturated rings. The molecule has 0 aliphatic rings. The van der Waals surface area contributed by atoms with Crippen LogP contribution in [0.4, 0.5) is 4.39 Å². The summed E-state index contributed by atoms with van der Waals surface area (Å²) in [6.45, 7) is 0. The zero-order valence-corrected chi connectivity index (χ0v) is 9.58. The van der Waals surface area contributed by atoms with Crippen LogP contribution in [0.5, 0.6) is 0 Å². The SMILES string of the molecule is CNC(CCS)c1ccc(F)c(Cl)c1. The monoisotopic (exact) mass is 233 g/mol. The fourth-order valence-electron chi connectivity index (χ4n) is 1.34. The van der Waals surface area contributed by atoms with Gasteiger partial charge >= 0.3 is 0 Å². The smallest absolute Gasteiger partial charge is 0.141 e. The van der Waals surface area contributed by atoms with E-state index in [9.17, 15) is 4.39 Å². The molecule has 0 aliphatic carbocycles. The van der Waals surface area contributed by atoms with E-state index in [1.807, 2.05) is 7.05 Å². The molecule has 0 aromatic heterocycles. The van der Waals surface area contributed by atoms with Crippen LogP contribution >= 0.6 is 24.2 Å². The van der Waals surface area contributed by atoms with Gasteiger partial charge in [-0.2, -0.15) is 12.6 Å². The van der Waals surface area contributed by atoms with Gasteiger partial charge < -0.3 is 5.32 Å². The Bertz CT molecular complexity index is 306. The van der Waals surface area contributed by atoms with Crippen LogP contribution in [0.3, 0.4) is 0 Å². The quantitative estimate of drug-likeness (QED) is 0.762. The fourth-order valence-corrected chi connectivity index (χ4v) is 1.78. The predicted octanol–water partition coefficient (Wildman–Crippen LogP) is 3.06. The number of hydrogen-bond acceptors (Lipinski definition) is 2. The molecule has 0 radical (unpaired) electrons. The normalized spacial score (nSPS) is 12.9. The molecule has 0 saturated carbocycles. The van der Waals surface area contributed by atoms with Crippen molar-refractivity contribution in [3.8, 4) is 0 Å². The van der Waals surface area contributed by atoms with E-state index >= 15 is 0 Å². The Morgan fingerprint density at radius 3 is 2.79 bits per heavy atom. The molecular formula is C10H13ClFNS. The Labute approximate surface area is 94.1 Å². The Kier molecular flexibility index (Phi) is 4.72. The molecule has 0 bridgehead atoms. The van der Waals surface area contributed by atoms with Crippen molar-refractivity contribution >= 4 is 24.2 Å². The maximum absolute atomic E-state index is 12.9. The first kappa shape index (κ1) is 11.8. The van der Waals surface area contributed by atoms with Gasteiger partial charge in [0.15, 0.2) is 0 Å². The number of thiol groups is 1. The van der Waals surface area contributed by atoms with Crippen molar-refractivity contribution in [3.05, 3.63) is 34.6 Å². The molecule has 1 aromatic rings. The molecular weight excluding hydrogens is 221 g/mol. The minimum atomic E-state index is -0.379. The van der Waals surface area contributed by atoms with Crippen LogP contribution in [0.2, 0.25) is 5.02 Å². The molecule has 1 nitrogen and oxygen atoms in total. The van der Waals surface area contributed by atoms with Crippen LogP contribution in [0, 0.1) is 5.82 Å². The molecule has 78 valence electrons. The molecule has 4 heteroatoms. The van der Waals surface area contributed by atoms with Crippen LogP contribution in [0.25, 0.3) is 0 Å². The van der Waals surface area contributed by atoms with Gasteiger partial charge in [0.2, 0.25) is 0 Å². The Hall–Kier alpha value is -0.250. The minimum absolute atomic E-state index is 0.168. The number of benzene rings is 1. The second-order valence-electron chi connectivity index (χ2n) is 3.03. The maximum atomic E-state index is 12.9. The van der Waals surface area contributed by atoms with E-state index in [4.69, 9.17) is 11.6 Å². The number of rotatable bonds is 4. The molecule has 0 aliphatic heterocycles. The Balaban J connectivity index is 2.88. The number of nitrogens with one attached hydrogen (secondary N) is 1. The molecule has 0 saturated heterocycles. The highest BCUT2D eigenvalue weighted by atomic mass is 35.5. The second kappa shape index (κ2) is 5.59. The number of halogens is 2. The van der Waals surface area contributed by atoms with E-state index < -0.39 is 0 Å². The first-order valence-electron chi connectivity index (χ1n) is 4.42. The summed E-state index contributed by atoms with van der Waals surface area (Å²) < 4.78 is 12.9. The van der Waals surface area contributed by atoms with Crippen LogP contribution in [-0.4, -0.2) is 12.8 Å². The number of hydrogen-bond donors (Lipinski definition) is 2. The van der Waals surface area contributed by atoms with Crippen molar-refractivity contribution in [2.45, 2.75) is 12.5 Å². The van der Waals surface area contributed by atoms with Crippen molar-refractivity contribution in [3.63, 3.8) is 0 Å². The minimum Gasteiger partial charge on any atom is -0.313 e. The van der Waals surface area contributed by atoms with Gasteiger partial charge in [0.1, 0.15) is 5.82 Å². The molecule has 1 aromatic carbocycles. The van der Waals surface area contributed by atoms with Crippen LogP contribution in [0.1, 0.15) is 18.0 Å². The summed E-state index contributed by atoms with van der Waals surface area (Å²) in [5.41, 5.74) is 0.993. The fraction of sp³-hybridized carbons (Fsp3) is 0.400. The molecule has 14 heavy (non-hydrogen) atoms. The molecule has 0 spiro atoms. The van der Waals surface area contributed by atoms with Gasteiger partial charge in [0, 0.05) is 6.04 Å². The van der Waals surface area contributed by atoms with E-state index in [1.54, 1.807) is 12.1 Å². The molecule has 0 amide bonds. The van der Waals surface area contributed by atoms with Crippen LogP contribution < -0.4 is 5.32 Å². The van der Waals surface area contributed by atoms with Crippen molar-refractivity contribution < 1.29 is 4.39 Å². The highest BCUT2D eigenvalue weighted by molar-refractivity contribution is 7.80. The summed E-state index contributed by atoms with van der Waals surface area (Å²) in [7, 11) is 1.87. The third kappa shape index (κ3) is 2.87. The predicted molar refractivity (Wildman–Crippen MR) is 61.7 cm³/mol. The van der Waals surface area contributed by atoms with Crippen LogP contribution in [-0.2, 0) is 0 Å². The van der Waals surface area contributed by atoms with Crippen molar-refractivity contribution in [2.24, 2.45) is 0 Å². The summed E-state index contributed by atoms with van der Waals surface area (Å²) in [5.74, 6) is 0.400. The average Bonchev–Trinajstić information content (AvgIpc) is 2.19. The topological polar surface area (TPSA) is 12.0 Å². The zero-order chi connectivity index (χ0) is 10.6. The standard InChI is InChI=1S/C10H13ClFNS/c1-13-10(4-5-14)7-2-3-9(12)8(11)6-7/h2-3,6,10,13-14H,4-5H2,1H3. The van der Waals surface area contributed by atoms with E-state index in [-0.39, 0.29) is 16.9 Å². The third-order valence-corrected chi connectivity index (χ3v) is 2.66. The lowest BCUT2D eigenvalue weighted by molar-refractivity contribution is 0.577. The van der Waals surface area contributed by atoms with Crippen molar-refractivity contribution in [1.82, 2.24) is 5.32 Å². The summed E-state index contributed by atoms with van der Waals surface area (Å²) >= 11 is 9.86. The molecule has 0 heterocycles. The van der Waals surface area contributed by atoms with Gasteiger partial charge in [-0.3, -0.25) is 0 Å². The third-order valence-electron chi connectivity index (χ3n) is 2.11. The largest absolute Gasteiger partial charge is 0.313 e. The lowest BCUT2D eigenvalue weighted by Gasteiger charge is -2.15. The van der Waals surface area contributed by atoms with Gasteiger partial charge in [0.05, 0.1) is 5.02 Å². The maximum Gasteiger partial charge on any atom is 0.141 e. The van der Waals surface area contributed by atoms with Gasteiger partial charge in [0.25, 0.3) is 0 Å². The highest BCUT2D eigenvalue weighted by Gasteiger charge is 2.09. The Morgan fingerprint density at radius 2 is 2.29 bits per heavy atom. The van der Waals surface area contributed by atoms with Gasteiger partial charge in [-0.05, 0) is 36.9 Å². The summed E-state index contributed by atoms with van der Waals surface area (Å²) in [5, 5.41) is 3.30. The molecule has 1 unspecified atom stereocenters. The van der Waals surface area contributed by atoms with Crippen molar-refractivity contribution in [2.75, 3.05) is 12.8 Å². The average molecular weight is 234 g/mol. The van der Waals surface area contributed by atoms with Gasteiger partial charge in [-0.1, -0.05) is 17.7 Å². The summed E-state index contributed by atoms with van der Waals surface area (Å²) in [6, 6.07) is 4.97. The van der Waals surface area contributed by atoms with E-state index in [0.717, 1.165) is 17.7 Å². The molecule has 1 N–H and O–H groups in total. The zero-order valence-electron chi connectivity index (χ0n) is 7.93.